The second-order valence-electron chi connectivity index (χ2n) is 9.89. The topological polar surface area (TPSA) is 170 Å². The Morgan fingerprint density at radius 2 is 2.13 bits per heavy atom. The SMILES string of the molecule is C[C@@H](O)[C@H]1C(=O)N2C(C(=O)O)=C(SC3CN=C(NC4=NCCS4)NC3)[C@](C)(Cc3ccc([N+](=O)[O-])cc3)[C@H]12. The number of carbonyl (C=O) groups excluding carboxylic acids is 1. The lowest BCUT2D eigenvalue weighted by molar-refractivity contribution is -0.384. The maximum Gasteiger partial charge on any atom is 0.353 e. The number of nitro groups is 1. The first-order chi connectivity index (χ1) is 18.1. The van der Waals surface area contributed by atoms with Gasteiger partial charge >= 0.3 is 5.97 Å². The number of nitrogens with one attached hydrogen (secondary N) is 2. The van der Waals surface area contributed by atoms with Crippen LogP contribution < -0.4 is 10.6 Å². The lowest BCUT2D eigenvalue weighted by Crippen LogP contribution is -2.66. The Morgan fingerprint density at radius 1 is 1.39 bits per heavy atom. The first kappa shape index (κ1) is 26.5. The van der Waals surface area contributed by atoms with Crippen LogP contribution in [0.1, 0.15) is 19.4 Å². The number of carbonyl (C=O) groups is 2. The number of fused-ring (bicyclic) bond motifs is 1. The third-order valence-corrected chi connectivity index (χ3v) is 9.69. The highest BCUT2D eigenvalue weighted by molar-refractivity contribution is 8.14. The molecule has 0 aromatic heterocycles. The van der Waals surface area contributed by atoms with E-state index < -0.39 is 40.3 Å². The third kappa shape index (κ3) is 4.64. The lowest BCUT2D eigenvalue weighted by atomic mass is 9.67. The summed E-state index contributed by atoms with van der Waals surface area (Å²) in [6.45, 7) is 5.17. The molecule has 202 valence electrons. The number of thioether (sulfide) groups is 2. The molecule has 0 bridgehead atoms. The van der Waals surface area contributed by atoms with E-state index in [1.807, 2.05) is 6.92 Å². The van der Waals surface area contributed by atoms with Crippen LogP contribution in [0.25, 0.3) is 0 Å². The fraction of sp³-hybridized carbons (Fsp3) is 0.500. The number of guanidine groups is 1. The van der Waals surface area contributed by atoms with Crippen molar-refractivity contribution in [1.29, 1.82) is 0 Å². The second-order valence-corrected chi connectivity index (χ2v) is 12.3. The molecule has 12 nitrogen and oxygen atoms in total. The summed E-state index contributed by atoms with van der Waals surface area (Å²) in [5.74, 6) is -0.802. The zero-order valence-electron chi connectivity index (χ0n) is 20.8. The highest BCUT2D eigenvalue weighted by Gasteiger charge is 2.66. The number of aliphatic imine (C=N–C) groups is 2. The van der Waals surface area contributed by atoms with Crippen molar-refractivity contribution in [3.05, 3.63) is 50.5 Å². The lowest BCUT2D eigenvalue weighted by Gasteiger charge is -2.51. The number of aliphatic hydroxyl groups excluding tert-OH is 1. The number of nitro benzene ring substituents is 1. The van der Waals surface area contributed by atoms with Gasteiger partial charge in [0.2, 0.25) is 5.91 Å². The molecule has 0 radical (unpaired) electrons. The molecule has 1 aromatic rings. The van der Waals surface area contributed by atoms with Crippen LogP contribution in [0, 0.1) is 21.4 Å². The van der Waals surface area contributed by atoms with E-state index in [0.29, 0.717) is 30.4 Å². The van der Waals surface area contributed by atoms with Crippen molar-refractivity contribution in [1.82, 2.24) is 15.5 Å². The van der Waals surface area contributed by atoms with Gasteiger partial charge in [-0.15, -0.1) is 11.8 Å². The fourth-order valence-electron chi connectivity index (χ4n) is 5.53. The largest absolute Gasteiger partial charge is 0.477 e. The first-order valence-electron chi connectivity index (χ1n) is 12.2. The molecule has 1 amide bonds. The molecule has 14 heteroatoms. The van der Waals surface area contributed by atoms with E-state index in [2.05, 4.69) is 20.6 Å². The van der Waals surface area contributed by atoms with Crippen LogP contribution >= 0.6 is 23.5 Å². The molecule has 4 aliphatic rings. The summed E-state index contributed by atoms with van der Waals surface area (Å²) in [6.07, 6.45) is -0.611. The zero-order chi connectivity index (χ0) is 27.2. The molecule has 4 heterocycles. The summed E-state index contributed by atoms with van der Waals surface area (Å²) in [7, 11) is 0. The van der Waals surface area contributed by atoms with E-state index in [0.717, 1.165) is 23.0 Å². The summed E-state index contributed by atoms with van der Waals surface area (Å²) in [6, 6.07) is 5.59. The van der Waals surface area contributed by atoms with Crippen LogP contribution in [-0.4, -0.2) is 85.8 Å². The summed E-state index contributed by atoms with van der Waals surface area (Å²) in [4.78, 5) is 47.0. The molecule has 4 aliphatic heterocycles. The molecule has 1 unspecified atom stereocenters. The average Bonchev–Trinajstić information content (AvgIpc) is 3.44. The number of aliphatic hydroxyl groups is 1. The van der Waals surface area contributed by atoms with Gasteiger partial charge in [-0.1, -0.05) is 30.8 Å². The number of rotatable bonds is 7. The molecule has 1 aromatic carbocycles. The Kier molecular flexibility index (Phi) is 7.13. The number of amidine groups is 1. The third-order valence-electron chi connectivity index (χ3n) is 7.25. The minimum atomic E-state index is -1.20. The van der Waals surface area contributed by atoms with E-state index in [4.69, 9.17) is 0 Å². The number of carboxylic acid groups (broad SMARTS) is 1. The van der Waals surface area contributed by atoms with Gasteiger partial charge < -0.3 is 25.7 Å². The predicted octanol–water partition coefficient (Wildman–Crippen LogP) is 1.41. The maximum atomic E-state index is 13.0. The van der Waals surface area contributed by atoms with Crippen molar-refractivity contribution in [3.63, 3.8) is 0 Å². The van der Waals surface area contributed by atoms with Gasteiger partial charge in [0.25, 0.3) is 5.69 Å². The molecule has 38 heavy (non-hydrogen) atoms. The summed E-state index contributed by atoms with van der Waals surface area (Å²) in [5, 5.41) is 38.9. The number of amides is 1. The standard InChI is InChI=1S/C24H28N6O6S2/c1-12(31)16-18-24(2,9-13-3-5-14(6-4-13)30(35)36)19(17(21(33)34)29(18)20(16)32)38-15-10-26-22(27-11-15)28-23-25-7-8-37-23/h3-6,12,15-16,18,31H,7-11H2,1-2H3,(H,33,34)(H2,25,26,27,28)/t12-,16-,18+,24-/m1/s1. The van der Waals surface area contributed by atoms with E-state index in [-0.39, 0.29) is 16.6 Å². The van der Waals surface area contributed by atoms with Gasteiger partial charge in [-0.3, -0.25) is 24.9 Å². The van der Waals surface area contributed by atoms with Crippen LogP contribution in [0.5, 0.6) is 0 Å². The first-order valence-corrected chi connectivity index (χ1v) is 14.1. The number of β-lactam (4-membered cyclic amide) rings is 1. The van der Waals surface area contributed by atoms with E-state index in [1.165, 1.54) is 28.8 Å². The maximum absolute atomic E-state index is 13.0. The Labute approximate surface area is 227 Å². The van der Waals surface area contributed by atoms with Crippen molar-refractivity contribution >= 4 is 52.2 Å². The smallest absolute Gasteiger partial charge is 0.353 e. The molecule has 0 spiro atoms. The molecule has 5 rings (SSSR count). The van der Waals surface area contributed by atoms with Crippen LogP contribution in [0.2, 0.25) is 0 Å². The number of carboxylic acids is 1. The molecule has 1 saturated heterocycles. The van der Waals surface area contributed by atoms with Crippen LogP contribution in [-0.2, 0) is 16.0 Å². The van der Waals surface area contributed by atoms with Crippen LogP contribution in [0.15, 0.2) is 44.9 Å². The quantitative estimate of drug-likeness (QED) is 0.217. The Bertz CT molecular complexity index is 1270. The Morgan fingerprint density at radius 3 is 2.68 bits per heavy atom. The van der Waals surface area contributed by atoms with Gasteiger partial charge in [-0.2, -0.15) is 0 Å². The van der Waals surface area contributed by atoms with Crippen LogP contribution in [0.4, 0.5) is 5.69 Å². The summed E-state index contributed by atoms with van der Waals surface area (Å²) >= 11 is 3.01. The molecule has 1 fully saturated rings. The number of hydrogen-bond acceptors (Lipinski definition) is 11. The molecule has 0 saturated carbocycles. The summed E-state index contributed by atoms with van der Waals surface area (Å²) in [5.41, 5.74) is -0.160. The molecular weight excluding hydrogens is 532 g/mol. The van der Waals surface area contributed by atoms with Gasteiger partial charge in [-0.25, -0.2) is 4.79 Å². The normalized spacial score (nSPS) is 29.2. The van der Waals surface area contributed by atoms with Crippen molar-refractivity contribution in [3.8, 4) is 0 Å². The average molecular weight is 561 g/mol. The molecule has 0 aliphatic carbocycles. The van der Waals surface area contributed by atoms with E-state index >= 15 is 0 Å². The monoisotopic (exact) mass is 560 g/mol. The van der Waals surface area contributed by atoms with Gasteiger partial charge in [-0.05, 0) is 18.9 Å². The fourth-order valence-corrected chi connectivity index (χ4v) is 7.66. The number of aliphatic carboxylic acids is 1. The molecule has 5 atom stereocenters. The minimum absolute atomic E-state index is 0.0403. The highest BCUT2D eigenvalue weighted by Crippen LogP contribution is 2.59. The number of nitrogens with zero attached hydrogens (tertiary/aromatic N) is 4. The summed E-state index contributed by atoms with van der Waals surface area (Å²) < 4.78 is 0. The van der Waals surface area contributed by atoms with Crippen molar-refractivity contribution < 1.29 is 24.7 Å². The number of hydrogen-bond donors (Lipinski definition) is 4. The van der Waals surface area contributed by atoms with Crippen LogP contribution in [0.3, 0.4) is 0 Å². The number of non-ortho nitro benzene ring substituents is 1. The Hall–Kier alpha value is -3.10. The zero-order valence-corrected chi connectivity index (χ0v) is 22.4. The van der Waals surface area contributed by atoms with Gasteiger partial charge in [0, 0.05) is 40.0 Å². The van der Waals surface area contributed by atoms with Gasteiger partial charge in [0.15, 0.2) is 11.1 Å². The second kappa shape index (κ2) is 10.2. The highest BCUT2D eigenvalue weighted by atomic mass is 32.2. The van der Waals surface area contributed by atoms with Crippen molar-refractivity contribution in [2.45, 2.75) is 37.7 Å². The van der Waals surface area contributed by atoms with Gasteiger partial charge in [0.05, 0.1) is 36.1 Å². The minimum Gasteiger partial charge on any atom is -0.477 e. The van der Waals surface area contributed by atoms with E-state index in [1.54, 1.807) is 30.8 Å². The van der Waals surface area contributed by atoms with Crippen molar-refractivity contribution in [2.24, 2.45) is 21.3 Å². The van der Waals surface area contributed by atoms with E-state index in [9.17, 15) is 29.9 Å². The Balaban J connectivity index is 1.45. The van der Waals surface area contributed by atoms with Gasteiger partial charge in [0.1, 0.15) is 5.70 Å². The predicted molar refractivity (Wildman–Crippen MR) is 145 cm³/mol. The number of benzene rings is 1. The van der Waals surface area contributed by atoms with Crippen molar-refractivity contribution in [2.75, 3.05) is 25.4 Å². The molecular formula is C24H28N6O6S2. The molecule has 4 N–H and O–H groups in total.